The Balaban J connectivity index is 1.54. The van der Waals surface area contributed by atoms with Gasteiger partial charge in [-0.3, -0.25) is 4.79 Å². The fourth-order valence-corrected chi connectivity index (χ4v) is 5.09. The highest BCUT2D eigenvalue weighted by Gasteiger charge is 2.26. The minimum atomic E-state index is 0.240. The van der Waals surface area contributed by atoms with Crippen molar-refractivity contribution < 1.29 is 18.8 Å². The highest BCUT2D eigenvalue weighted by Crippen LogP contribution is 2.29. The first-order valence-electron chi connectivity index (χ1n) is 10.5. The van der Waals surface area contributed by atoms with Crippen LogP contribution >= 0.6 is 11.8 Å². The van der Waals surface area contributed by atoms with Crippen LogP contribution in [0.5, 0.6) is 11.5 Å². The number of hydrogen-bond donors (Lipinski definition) is 0. The van der Waals surface area contributed by atoms with Gasteiger partial charge in [0.2, 0.25) is 5.91 Å². The van der Waals surface area contributed by atoms with Crippen molar-refractivity contribution in [2.24, 2.45) is 0 Å². The van der Waals surface area contributed by atoms with Gasteiger partial charge in [-0.1, -0.05) is 11.2 Å². The number of ether oxygens (including phenoxy) is 2. The van der Waals surface area contributed by atoms with E-state index >= 15 is 0 Å². The van der Waals surface area contributed by atoms with Crippen molar-refractivity contribution in [3.63, 3.8) is 0 Å². The van der Waals surface area contributed by atoms with E-state index in [1.807, 2.05) is 26.0 Å². The van der Waals surface area contributed by atoms with E-state index in [9.17, 15) is 4.79 Å². The van der Waals surface area contributed by atoms with E-state index in [0.717, 1.165) is 66.5 Å². The fraction of sp³-hybridized carbons (Fsp3) is 0.565. The lowest BCUT2D eigenvalue weighted by Gasteiger charge is -2.36. The SMILES string of the molecule is COc1ccc(CCC2CCCCN2C(=O)CSCc2c(C)noc2C)cc1OC. The molecule has 1 aromatic carbocycles. The second-order valence-electron chi connectivity index (χ2n) is 7.76. The van der Waals surface area contributed by atoms with Crippen LogP contribution in [0.15, 0.2) is 22.7 Å². The van der Waals surface area contributed by atoms with Crippen LogP contribution in [-0.4, -0.2) is 48.5 Å². The Morgan fingerprint density at radius 2 is 2.03 bits per heavy atom. The first-order valence-corrected chi connectivity index (χ1v) is 11.7. The summed E-state index contributed by atoms with van der Waals surface area (Å²) in [4.78, 5) is 15.0. The summed E-state index contributed by atoms with van der Waals surface area (Å²) in [6.45, 7) is 4.73. The lowest BCUT2D eigenvalue weighted by molar-refractivity contribution is -0.132. The van der Waals surface area contributed by atoms with Crippen LogP contribution in [0.4, 0.5) is 0 Å². The minimum Gasteiger partial charge on any atom is -0.493 e. The van der Waals surface area contributed by atoms with Crippen molar-refractivity contribution in [3.8, 4) is 11.5 Å². The number of aromatic nitrogens is 1. The van der Waals surface area contributed by atoms with Gasteiger partial charge < -0.3 is 18.9 Å². The van der Waals surface area contributed by atoms with Crippen LogP contribution in [0.3, 0.4) is 0 Å². The average Bonchev–Trinajstić information content (AvgIpc) is 3.09. The summed E-state index contributed by atoms with van der Waals surface area (Å²) in [6.07, 6.45) is 5.24. The summed E-state index contributed by atoms with van der Waals surface area (Å²) < 4.78 is 16.0. The number of carbonyl (C=O) groups is 1. The van der Waals surface area contributed by atoms with Crippen molar-refractivity contribution in [1.82, 2.24) is 10.1 Å². The molecular formula is C23H32N2O4S. The van der Waals surface area contributed by atoms with Crippen LogP contribution < -0.4 is 9.47 Å². The molecule has 0 saturated carbocycles. The first-order chi connectivity index (χ1) is 14.5. The van der Waals surface area contributed by atoms with Gasteiger partial charge in [-0.25, -0.2) is 0 Å². The molecule has 1 saturated heterocycles. The molecule has 0 aliphatic carbocycles. The maximum absolute atomic E-state index is 12.9. The number of hydrogen-bond acceptors (Lipinski definition) is 6. The molecule has 6 nitrogen and oxygen atoms in total. The Bertz CT molecular complexity index is 832. The molecule has 0 bridgehead atoms. The average molecular weight is 433 g/mol. The van der Waals surface area contributed by atoms with Crippen molar-refractivity contribution in [2.45, 2.75) is 57.7 Å². The first kappa shape index (κ1) is 22.5. The topological polar surface area (TPSA) is 64.8 Å². The monoisotopic (exact) mass is 432 g/mol. The summed E-state index contributed by atoms with van der Waals surface area (Å²) in [5.74, 6) is 3.84. The lowest BCUT2D eigenvalue weighted by atomic mass is 9.95. The molecule has 2 heterocycles. The van der Waals surface area contributed by atoms with Gasteiger partial charge in [0.15, 0.2) is 11.5 Å². The van der Waals surface area contributed by atoms with E-state index in [2.05, 4.69) is 16.1 Å². The molecule has 164 valence electrons. The molecule has 1 atom stereocenters. The van der Waals surface area contributed by atoms with E-state index in [1.165, 1.54) is 12.0 Å². The largest absolute Gasteiger partial charge is 0.493 e. The van der Waals surface area contributed by atoms with Gasteiger partial charge in [-0.2, -0.15) is 0 Å². The standard InChI is InChI=1S/C23H32N2O4S/c1-16-20(17(2)29-24-16)14-30-15-23(26)25-12-6-5-7-19(25)10-8-18-9-11-21(27-3)22(13-18)28-4/h9,11,13,19H,5-8,10,12,14-15H2,1-4H3. The molecule has 2 aromatic rings. The predicted molar refractivity (Wildman–Crippen MR) is 119 cm³/mol. The molecule has 1 amide bonds. The third-order valence-electron chi connectivity index (χ3n) is 5.81. The zero-order chi connectivity index (χ0) is 21.5. The van der Waals surface area contributed by atoms with Crippen LogP contribution in [0.2, 0.25) is 0 Å². The number of amides is 1. The smallest absolute Gasteiger partial charge is 0.232 e. The van der Waals surface area contributed by atoms with Gasteiger partial charge in [0, 0.05) is 23.9 Å². The molecule has 1 unspecified atom stereocenters. The lowest BCUT2D eigenvalue weighted by Crippen LogP contribution is -2.44. The number of benzene rings is 1. The molecular weight excluding hydrogens is 400 g/mol. The predicted octanol–water partition coefficient (Wildman–Crippen LogP) is 4.56. The maximum Gasteiger partial charge on any atom is 0.232 e. The van der Waals surface area contributed by atoms with Crippen molar-refractivity contribution in [3.05, 3.63) is 40.8 Å². The minimum absolute atomic E-state index is 0.240. The van der Waals surface area contributed by atoms with E-state index in [0.29, 0.717) is 11.8 Å². The van der Waals surface area contributed by atoms with Gasteiger partial charge in [0.05, 0.1) is 25.7 Å². The molecule has 0 N–H and O–H groups in total. The molecule has 1 aliphatic heterocycles. The molecule has 0 spiro atoms. The molecule has 7 heteroatoms. The van der Waals surface area contributed by atoms with Gasteiger partial charge >= 0.3 is 0 Å². The second-order valence-corrected chi connectivity index (χ2v) is 8.75. The van der Waals surface area contributed by atoms with Crippen molar-refractivity contribution in [2.75, 3.05) is 26.5 Å². The second kappa shape index (κ2) is 10.8. The Hall–Kier alpha value is -2.15. The zero-order valence-corrected chi connectivity index (χ0v) is 19.2. The van der Waals surface area contributed by atoms with Gasteiger partial charge in [-0.15, -0.1) is 11.8 Å². The van der Waals surface area contributed by atoms with Gasteiger partial charge in [0.25, 0.3) is 0 Å². The molecule has 30 heavy (non-hydrogen) atoms. The number of methoxy groups -OCH3 is 2. The van der Waals surface area contributed by atoms with E-state index in [1.54, 1.807) is 26.0 Å². The normalized spacial score (nSPS) is 16.5. The molecule has 0 radical (unpaired) electrons. The molecule has 3 rings (SSSR count). The molecule has 1 aromatic heterocycles. The summed E-state index contributed by atoms with van der Waals surface area (Å²) >= 11 is 1.64. The molecule has 1 fully saturated rings. The number of aryl methyl sites for hydroxylation is 3. The van der Waals surface area contributed by atoms with Crippen LogP contribution in [0.25, 0.3) is 0 Å². The van der Waals surface area contributed by atoms with Crippen molar-refractivity contribution >= 4 is 17.7 Å². The number of likely N-dealkylation sites (tertiary alicyclic amines) is 1. The number of thioether (sulfide) groups is 1. The summed E-state index contributed by atoms with van der Waals surface area (Å²) in [5, 5.41) is 3.99. The number of rotatable bonds is 9. The highest BCUT2D eigenvalue weighted by atomic mass is 32.2. The van der Waals surface area contributed by atoms with Crippen LogP contribution in [-0.2, 0) is 17.0 Å². The van der Waals surface area contributed by atoms with Crippen LogP contribution in [0, 0.1) is 13.8 Å². The Kier molecular flexibility index (Phi) is 8.08. The molecule has 1 aliphatic rings. The third kappa shape index (κ3) is 5.50. The van der Waals surface area contributed by atoms with Gasteiger partial charge in [0.1, 0.15) is 5.76 Å². The maximum atomic E-state index is 12.9. The fourth-order valence-electron chi connectivity index (χ4n) is 4.03. The number of carbonyl (C=O) groups excluding carboxylic acids is 1. The highest BCUT2D eigenvalue weighted by molar-refractivity contribution is 7.99. The van der Waals surface area contributed by atoms with E-state index in [-0.39, 0.29) is 5.91 Å². The Morgan fingerprint density at radius 3 is 2.73 bits per heavy atom. The summed E-state index contributed by atoms with van der Waals surface area (Å²) in [6, 6.07) is 6.37. The zero-order valence-electron chi connectivity index (χ0n) is 18.4. The van der Waals surface area contributed by atoms with E-state index < -0.39 is 0 Å². The number of nitrogens with zero attached hydrogens (tertiary/aromatic N) is 2. The summed E-state index contributed by atoms with van der Waals surface area (Å²) in [5.41, 5.74) is 3.23. The Morgan fingerprint density at radius 1 is 1.23 bits per heavy atom. The van der Waals surface area contributed by atoms with Gasteiger partial charge in [-0.05, 0) is 63.6 Å². The Labute approximate surface area is 183 Å². The number of piperidine rings is 1. The van der Waals surface area contributed by atoms with Crippen LogP contribution in [0.1, 0.15) is 48.3 Å². The van der Waals surface area contributed by atoms with E-state index in [4.69, 9.17) is 14.0 Å². The third-order valence-corrected chi connectivity index (χ3v) is 6.76. The summed E-state index contributed by atoms with van der Waals surface area (Å²) in [7, 11) is 3.30. The van der Waals surface area contributed by atoms with Crippen molar-refractivity contribution in [1.29, 1.82) is 0 Å². The quantitative estimate of drug-likeness (QED) is 0.579.